The van der Waals surface area contributed by atoms with Crippen molar-refractivity contribution < 1.29 is 28.6 Å². The van der Waals surface area contributed by atoms with E-state index in [-0.39, 0.29) is 48.8 Å². The topological polar surface area (TPSA) is 135 Å². The lowest BCUT2D eigenvalue weighted by atomic mass is 9.96. The molecule has 0 bridgehead atoms. The van der Waals surface area contributed by atoms with Crippen LogP contribution in [-0.2, 0) is 20.7 Å². The van der Waals surface area contributed by atoms with Gasteiger partial charge in [0.05, 0.1) is 13.7 Å². The number of halogens is 1. The highest BCUT2D eigenvalue weighted by Crippen LogP contribution is 2.27. The fourth-order valence-electron chi connectivity index (χ4n) is 3.86. The summed E-state index contributed by atoms with van der Waals surface area (Å²) < 4.78 is 18.0. The van der Waals surface area contributed by atoms with E-state index in [9.17, 15) is 23.9 Å². The Balaban J connectivity index is 0.00000257. The number of rotatable bonds is 14. The van der Waals surface area contributed by atoms with Crippen LogP contribution in [0.5, 0.6) is 0 Å². The molecule has 1 aromatic carbocycles. The van der Waals surface area contributed by atoms with E-state index >= 15 is 0 Å². The quantitative estimate of drug-likeness (QED) is 0.248. The van der Waals surface area contributed by atoms with Gasteiger partial charge in [0.2, 0.25) is 5.91 Å². The van der Waals surface area contributed by atoms with Gasteiger partial charge in [-0.05, 0) is 36.5 Å². The van der Waals surface area contributed by atoms with E-state index in [1.54, 1.807) is 24.6 Å². The van der Waals surface area contributed by atoms with Crippen LogP contribution in [0.1, 0.15) is 101 Å². The number of hydrogen-bond donors (Lipinski definition) is 3. The van der Waals surface area contributed by atoms with Crippen molar-refractivity contribution in [2.24, 2.45) is 11.7 Å². The summed E-state index contributed by atoms with van der Waals surface area (Å²) in [5.41, 5.74) is 6.42. The van der Waals surface area contributed by atoms with E-state index in [4.69, 9.17) is 10.5 Å². The number of unbranched alkanes of at least 4 members (excludes halogenated alkanes) is 1. The zero-order valence-corrected chi connectivity index (χ0v) is 27.3. The van der Waals surface area contributed by atoms with Crippen LogP contribution in [0, 0.1) is 11.7 Å². The molecule has 0 aliphatic heterocycles. The number of hydrogen-bond acceptors (Lipinski definition) is 8. The molecule has 0 saturated carbocycles. The van der Waals surface area contributed by atoms with Crippen molar-refractivity contribution in [3.63, 3.8) is 0 Å². The lowest BCUT2D eigenvalue weighted by Crippen LogP contribution is -2.44. The minimum absolute atomic E-state index is 0.0740. The van der Waals surface area contributed by atoms with Gasteiger partial charge < -0.3 is 25.8 Å². The van der Waals surface area contributed by atoms with E-state index in [1.165, 1.54) is 37.0 Å². The van der Waals surface area contributed by atoms with Crippen molar-refractivity contribution in [3.05, 3.63) is 51.7 Å². The van der Waals surface area contributed by atoms with Gasteiger partial charge in [-0.25, -0.2) is 9.37 Å². The number of carbonyl (C=O) groups excluding carboxylic acids is 3. The van der Waals surface area contributed by atoms with Crippen LogP contribution in [0.2, 0.25) is 0 Å². The van der Waals surface area contributed by atoms with Gasteiger partial charge in [0.25, 0.3) is 5.91 Å². The average Bonchev–Trinajstić information content (AvgIpc) is 3.50. The molecule has 42 heavy (non-hydrogen) atoms. The Kier molecular flexibility index (Phi) is 20.3. The number of nitrogens with zero attached hydrogens (tertiary/aromatic N) is 2. The normalized spacial score (nSPS) is 12.6. The van der Waals surface area contributed by atoms with Crippen LogP contribution in [0.3, 0.4) is 0 Å². The second-order valence-corrected chi connectivity index (χ2v) is 10.8. The summed E-state index contributed by atoms with van der Waals surface area (Å²) in [4.78, 5) is 42.5. The van der Waals surface area contributed by atoms with Crippen LogP contribution in [-0.4, -0.2) is 65.6 Å². The third-order valence-electron chi connectivity index (χ3n) is 6.49. The number of carbonyl (C=O) groups is 3. The largest absolute Gasteiger partial charge is 0.469 e. The molecule has 3 atom stereocenters. The van der Waals surface area contributed by atoms with Gasteiger partial charge >= 0.3 is 5.97 Å². The van der Waals surface area contributed by atoms with Gasteiger partial charge in [0.15, 0.2) is 0 Å². The molecule has 0 fully saturated rings. The van der Waals surface area contributed by atoms with Crippen LogP contribution < -0.4 is 11.1 Å². The molecule has 2 aromatic rings. The first-order valence-corrected chi connectivity index (χ1v) is 15.6. The maximum atomic E-state index is 13.3. The molecular weight excluding hydrogens is 559 g/mol. The molecule has 0 saturated heterocycles. The number of thiazole rings is 1. The Morgan fingerprint density at radius 2 is 1.74 bits per heavy atom. The molecule has 11 heteroatoms. The SMILES string of the molecule is CC.CCCC.COC(=O)CCC(Cc1ccc(F)cc1)NC(=O)c1csc(C(O)CC(C(C)C)N(C)C(=O)CN)n1. The fraction of sp³-hybridized carbons (Fsp3) is 0.613. The number of aliphatic hydroxyl groups is 1. The minimum Gasteiger partial charge on any atom is -0.469 e. The molecular formula is C31H51FN4O5S. The number of nitrogens with one attached hydrogen (secondary N) is 1. The van der Waals surface area contributed by atoms with Crippen molar-refractivity contribution >= 4 is 29.1 Å². The number of ether oxygens (including phenoxy) is 1. The number of aliphatic hydroxyl groups excluding tert-OH is 1. The van der Waals surface area contributed by atoms with E-state index in [2.05, 4.69) is 24.1 Å². The number of likely N-dealkylation sites (N-methyl/N-ethyl adjacent to an activating group) is 1. The number of nitrogens with two attached hydrogens (primary N) is 1. The van der Waals surface area contributed by atoms with Gasteiger partial charge in [0.1, 0.15) is 22.6 Å². The second-order valence-electron chi connectivity index (χ2n) is 9.96. The number of aromatic nitrogens is 1. The third kappa shape index (κ3) is 14.3. The molecule has 2 amide bonds. The number of benzene rings is 1. The summed E-state index contributed by atoms with van der Waals surface area (Å²) in [6.07, 6.45) is 2.75. The van der Waals surface area contributed by atoms with E-state index < -0.39 is 24.0 Å². The Hall–Kier alpha value is -2.89. The first-order chi connectivity index (χ1) is 20.0. The Morgan fingerprint density at radius 3 is 2.24 bits per heavy atom. The molecule has 3 unspecified atom stereocenters. The summed E-state index contributed by atoms with van der Waals surface area (Å²) in [7, 11) is 2.95. The molecule has 0 aliphatic carbocycles. The van der Waals surface area contributed by atoms with Crippen LogP contribution in [0.15, 0.2) is 29.6 Å². The predicted molar refractivity (Wildman–Crippen MR) is 167 cm³/mol. The number of esters is 1. The lowest BCUT2D eigenvalue weighted by Gasteiger charge is -2.32. The van der Waals surface area contributed by atoms with Crippen molar-refractivity contribution in [1.82, 2.24) is 15.2 Å². The highest BCUT2D eigenvalue weighted by atomic mass is 32.1. The van der Waals surface area contributed by atoms with Gasteiger partial charge in [-0.3, -0.25) is 14.4 Å². The zero-order valence-electron chi connectivity index (χ0n) is 26.5. The Labute approximate surface area is 255 Å². The molecule has 0 aliphatic rings. The van der Waals surface area contributed by atoms with E-state index in [1.807, 2.05) is 27.7 Å². The van der Waals surface area contributed by atoms with Crippen molar-refractivity contribution in [2.75, 3.05) is 20.7 Å². The molecule has 2 rings (SSSR count). The van der Waals surface area contributed by atoms with E-state index in [0.717, 1.165) is 16.9 Å². The van der Waals surface area contributed by atoms with Crippen molar-refractivity contribution in [2.45, 2.75) is 98.3 Å². The molecule has 0 radical (unpaired) electrons. The molecule has 0 spiro atoms. The minimum atomic E-state index is -0.966. The molecule has 1 heterocycles. The number of amides is 2. The Morgan fingerprint density at radius 1 is 1.14 bits per heavy atom. The Bertz CT molecular complexity index is 1050. The average molecular weight is 611 g/mol. The van der Waals surface area contributed by atoms with Crippen LogP contribution >= 0.6 is 11.3 Å². The summed E-state index contributed by atoms with van der Waals surface area (Å²) in [5.74, 6) is -1.35. The monoisotopic (exact) mass is 610 g/mol. The maximum Gasteiger partial charge on any atom is 0.305 e. The highest BCUT2D eigenvalue weighted by molar-refractivity contribution is 7.09. The first kappa shape index (κ1) is 39.1. The highest BCUT2D eigenvalue weighted by Gasteiger charge is 2.27. The zero-order chi connectivity index (χ0) is 32.2. The summed E-state index contributed by atoms with van der Waals surface area (Å²) in [6, 6.07) is 5.26. The first-order valence-electron chi connectivity index (χ1n) is 14.7. The van der Waals surface area contributed by atoms with Gasteiger partial charge in [-0.15, -0.1) is 11.3 Å². The van der Waals surface area contributed by atoms with Crippen LogP contribution in [0.4, 0.5) is 4.39 Å². The van der Waals surface area contributed by atoms with Gasteiger partial charge in [-0.2, -0.15) is 0 Å². The molecule has 238 valence electrons. The summed E-state index contributed by atoms with van der Waals surface area (Å²) in [5, 5.41) is 15.6. The fourth-order valence-corrected chi connectivity index (χ4v) is 4.66. The summed E-state index contributed by atoms with van der Waals surface area (Å²) >= 11 is 1.15. The smallest absolute Gasteiger partial charge is 0.305 e. The lowest BCUT2D eigenvalue weighted by molar-refractivity contribution is -0.140. The number of methoxy groups -OCH3 is 1. The predicted octanol–water partition coefficient (Wildman–Crippen LogP) is 5.27. The molecule has 4 N–H and O–H groups in total. The molecule has 9 nitrogen and oxygen atoms in total. The van der Waals surface area contributed by atoms with E-state index in [0.29, 0.717) is 17.8 Å². The molecule has 1 aromatic heterocycles. The second kappa shape index (κ2) is 21.8. The van der Waals surface area contributed by atoms with Crippen LogP contribution in [0.25, 0.3) is 0 Å². The maximum absolute atomic E-state index is 13.3. The van der Waals surface area contributed by atoms with Gasteiger partial charge in [0, 0.05) is 37.4 Å². The summed E-state index contributed by atoms with van der Waals surface area (Å²) in [6.45, 7) is 12.1. The van der Waals surface area contributed by atoms with Gasteiger partial charge in [-0.1, -0.05) is 66.5 Å². The standard InChI is InChI=1S/C25H35FN4O5S.C4H10.C2H6/c1-15(2)20(30(3)22(32)13-27)12-21(31)25-29-19(14-36-25)24(34)28-18(9-10-23(33)35-4)11-16-5-7-17(26)8-6-16;1-3-4-2;1-2/h5-8,14-15,18,20-21,31H,9-13,27H2,1-4H3,(H,28,34);3-4H2,1-2H3;1-2H3. The van der Waals surface area contributed by atoms with Crippen molar-refractivity contribution in [3.8, 4) is 0 Å². The van der Waals surface area contributed by atoms with Crippen molar-refractivity contribution in [1.29, 1.82) is 0 Å². The third-order valence-corrected chi connectivity index (χ3v) is 7.44.